The molecule has 1 aromatic rings. The number of hydrogen-bond donors (Lipinski definition) is 2. The summed E-state index contributed by atoms with van der Waals surface area (Å²) < 4.78 is 5.19. The number of thiazole rings is 1. The molecule has 0 aromatic carbocycles. The number of nitrogens with one attached hydrogen (secondary N) is 2. The van der Waals surface area contributed by atoms with Gasteiger partial charge in [-0.05, 0) is 0 Å². The molecule has 1 unspecified atom stereocenters. The standard InChI is InChI=1S/C10H13N3O3S/c1-6(14)8-4-12-10(17-8)13-9(15)7-5-16-3-2-11-7/h4,7,11H,2-3,5H2,1H3,(H,12,13,15). The summed E-state index contributed by atoms with van der Waals surface area (Å²) >= 11 is 1.17. The second kappa shape index (κ2) is 5.35. The monoisotopic (exact) mass is 255 g/mol. The van der Waals surface area contributed by atoms with Gasteiger partial charge in [0, 0.05) is 13.5 Å². The Bertz CT molecular complexity index is 426. The van der Waals surface area contributed by atoms with Crippen LogP contribution in [0.3, 0.4) is 0 Å². The number of amides is 1. The highest BCUT2D eigenvalue weighted by atomic mass is 32.1. The third-order valence-electron chi connectivity index (χ3n) is 2.32. The number of aromatic nitrogens is 1. The van der Waals surface area contributed by atoms with Crippen LogP contribution in [0.4, 0.5) is 5.13 Å². The highest BCUT2D eigenvalue weighted by Crippen LogP contribution is 2.18. The van der Waals surface area contributed by atoms with Crippen molar-refractivity contribution in [2.45, 2.75) is 13.0 Å². The van der Waals surface area contributed by atoms with Crippen molar-refractivity contribution in [3.63, 3.8) is 0 Å². The Morgan fingerprint density at radius 3 is 3.06 bits per heavy atom. The van der Waals surface area contributed by atoms with Crippen LogP contribution in [-0.4, -0.2) is 42.5 Å². The van der Waals surface area contributed by atoms with Crippen LogP contribution >= 0.6 is 11.3 Å². The van der Waals surface area contributed by atoms with E-state index in [1.165, 1.54) is 24.5 Å². The van der Waals surface area contributed by atoms with Gasteiger partial charge in [0.05, 0.1) is 24.3 Å². The summed E-state index contributed by atoms with van der Waals surface area (Å²) in [6.07, 6.45) is 1.47. The fourth-order valence-corrected chi connectivity index (χ4v) is 2.14. The number of nitrogens with zero attached hydrogens (tertiary/aromatic N) is 1. The Hall–Kier alpha value is -1.31. The van der Waals surface area contributed by atoms with Crippen molar-refractivity contribution in [2.24, 2.45) is 0 Å². The lowest BCUT2D eigenvalue weighted by Crippen LogP contribution is -2.48. The molecule has 1 atom stereocenters. The van der Waals surface area contributed by atoms with E-state index in [9.17, 15) is 9.59 Å². The lowest BCUT2D eigenvalue weighted by molar-refractivity contribution is -0.120. The van der Waals surface area contributed by atoms with E-state index in [1.54, 1.807) is 0 Å². The zero-order valence-electron chi connectivity index (χ0n) is 9.36. The van der Waals surface area contributed by atoms with E-state index in [2.05, 4.69) is 15.6 Å². The Morgan fingerprint density at radius 2 is 2.47 bits per heavy atom. The van der Waals surface area contributed by atoms with Crippen molar-refractivity contribution in [3.8, 4) is 0 Å². The minimum atomic E-state index is -0.353. The smallest absolute Gasteiger partial charge is 0.245 e. The topological polar surface area (TPSA) is 80.3 Å². The van der Waals surface area contributed by atoms with Gasteiger partial charge in [0.2, 0.25) is 5.91 Å². The van der Waals surface area contributed by atoms with Crippen LogP contribution in [0.5, 0.6) is 0 Å². The lowest BCUT2D eigenvalue weighted by Gasteiger charge is -2.22. The molecule has 0 spiro atoms. The number of anilines is 1. The molecule has 2 heterocycles. The first-order valence-electron chi connectivity index (χ1n) is 5.25. The minimum absolute atomic E-state index is 0.0536. The van der Waals surface area contributed by atoms with Crippen LogP contribution in [-0.2, 0) is 9.53 Å². The van der Waals surface area contributed by atoms with Gasteiger partial charge in [-0.3, -0.25) is 9.59 Å². The number of carbonyl (C=O) groups excluding carboxylic acids is 2. The zero-order chi connectivity index (χ0) is 12.3. The molecular formula is C10H13N3O3S. The Kier molecular flexibility index (Phi) is 3.82. The van der Waals surface area contributed by atoms with Crippen LogP contribution in [0.25, 0.3) is 0 Å². The summed E-state index contributed by atoms with van der Waals surface area (Å²) in [7, 11) is 0. The van der Waals surface area contributed by atoms with E-state index in [1.807, 2.05) is 0 Å². The van der Waals surface area contributed by atoms with Crippen molar-refractivity contribution in [1.29, 1.82) is 0 Å². The van der Waals surface area contributed by atoms with E-state index in [0.717, 1.165) is 0 Å². The van der Waals surface area contributed by atoms with Gasteiger partial charge < -0.3 is 15.4 Å². The summed E-state index contributed by atoms with van der Waals surface area (Å²) in [6, 6.07) is -0.353. The van der Waals surface area contributed by atoms with Gasteiger partial charge in [0.1, 0.15) is 6.04 Å². The average Bonchev–Trinajstić information content (AvgIpc) is 2.79. The number of rotatable bonds is 3. The molecule has 0 bridgehead atoms. The van der Waals surface area contributed by atoms with E-state index < -0.39 is 0 Å². The average molecular weight is 255 g/mol. The number of carbonyl (C=O) groups is 2. The lowest BCUT2D eigenvalue weighted by atomic mass is 10.2. The first-order chi connectivity index (χ1) is 8.16. The molecule has 1 saturated heterocycles. The first-order valence-corrected chi connectivity index (χ1v) is 6.07. The van der Waals surface area contributed by atoms with Crippen molar-refractivity contribution in [1.82, 2.24) is 10.3 Å². The van der Waals surface area contributed by atoms with Gasteiger partial charge in [-0.25, -0.2) is 4.98 Å². The van der Waals surface area contributed by atoms with Crippen LogP contribution < -0.4 is 10.6 Å². The van der Waals surface area contributed by atoms with E-state index in [4.69, 9.17) is 4.74 Å². The number of Topliss-reactive ketones (excluding diaryl/α,β-unsaturated/α-hetero) is 1. The number of ether oxygens (including phenoxy) is 1. The summed E-state index contributed by atoms with van der Waals surface area (Å²) in [4.78, 5) is 27.4. The van der Waals surface area contributed by atoms with Gasteiger partial charge >= 0.3 is 0 Å². The molecule has 1 aliphatic heterocycles. The third-order valence-corrected chi connectivity index (χ3v) is 3.33. The third kappa shape index (κ3) is 3.09. The van der Waals surface area contributed by atoms with Gasteiger partial charge in [0.25, 0.3) is 0 Å². The number of ketones is 1. The summed E-state index contributed by atoms with van der Waals surface area (Å²) in [5.74, 6) is -0.240. The van der Waals surface area contributed by atoms with Gasteiger partial charge in [-0.15, -0.1) is 0 Å². The van der Waals surface area contributed by atoms with Crippen LogP contribution in [0, 0.1) is 0 Å². The van der Waals surface area contributed by atoms with Crippen molar-refractivity contribution >= 4 is 28.2 Å². The molecule has 6 nitrogen and oxygen atoms in total. The first kappa shape index (κ1) is 12.2. The molecule has 92 valence electrons. The van der Waals surface area contributed by atoms with Crippen LogP contribution in [0.2, 0.25) is 0 Å². The second-order valence-corrected chi connectivity index (χ2v) is 4.69. The number of morpholine rings is 1. The molecule has 1 fully saturated rings. The van der Waals surface area contributed by atoms with Gasteiger partial charge in [0.15, 0.2) is 10.9 Å². The minimum Gasteiger partial charge on any atom is -0.378 e. The van der Waals surface area contributed by atoms with E-state index in [0.29, 0.717) is 29.8 Å². The molecule has 17 heavy (non-hydrogen) atoms. The van der Waals surface area contributed by atoms with Gasteiger partial charge in [-0.2, -0.15) is 0 Å². The maximum Gasteiger partial charge on any atom is 0.245 e. The largest absolute Gasteiger partial charge is 0.378 e. The summed E-state index contributed by atoms with van der Waals surface area (Å²) in [5.41, 5.74) is 0. The predicted molar refractivity (Wildman–Crippen MR) is 63.4 cm³/mol. The normalized spacial score (nSPS) is 19.9. The fraction of sp³-hybridized carbons (Fsp3) is 0.500. The highest BCUT2D eigenvalue weighted by molar-refractivity contribution is 7.17. The molecule has 0 radical (unpaired) electrons. The summed E-state index contributed by atoms with van der Waals surface area (Å²) in [6.45, 7) is 3.11. The van der Waals surface area contributed by atoms with Crippen molar-refractivity contribution < 1.29 is 14.3 Å². The fourth-order valence-electron chi connectivity index (χ4n) is 1.42. The van der Waals surface area contributed by atoms with E-state index in [-0.39, 0.29) is 17.7 Å². The zero-order valence-corrected chi connectivity index (χ0v) is 10.2. The SMILES string of the molecule is CC(=O)c1cnc(NC(=O)C2COCCN2)s1. The Balaban J connectivity index is 1.94. The van der Waals surface area contributed by atoms with E-state index >= 15 is 0 Å². The van der Waals surface area contributed by atoms with Crippen molar-refractivity contribution in [3.05, 3.63) is 11.1 Å². The predicted octanol–water partition coefficient (Wildman–Crippen LogP) is 0.273. The molecule has 0 saturated carbocycles. The maximum atomic E-state index is 11.8. The molecule has 0 aliphatic carbocycles. The molecule has 2 rings (SSSR count). The highest BCUT2D eigenvalue weighted by Gasteiger charge is 2.22. The Labute approximate surface area is 102 Å². The van der Waals surface area contributed by atoms with Crippen LogP contribution in [0.15, 0.2) is 6.20 Å². The molecule has 1 aromatic heterocycles. The molecule has 1 aliphatic rings. The van der Waals surface area contributed by atoms with Crippen molar-refractivity contribution in [2.75, 3.05) is 25.1 Å². The number of hydrogen-bond acceptors (Lipinski definition) is 6. The molecule has 2 N–H and O–H groups in total. The Morgan fingerprint density at radius 1 is 1.65 bits per heavy atom. The maximum absolute atomic E-state index is 11.8. The van der Waals surface area contributed by atoms with Crippen LogP contribution in [0.1, 0.15) is 16.6 Å². The second-order valence-electron chi connectivity index (χ2n) is 3.66. The molecule has 7 heteroatoms. The van der Waals surface area contributed by atoms with Gasteiger partial charge in [-0.1, -0.05) is 11.3 Å². The molecular weight excluding hydrogens is 242 g/mol. The molecule has 1 amide bonds. The quantitative estimate of drug-likeness (QED) is 0.758. The summed E-state index contributed by atoms with van der Waals surface area (Å²) in [5, 5.41) is 6.14.